The summed E-state index contributed by atoms with van der Waals surface area (Å²) in [6.07, 6.45) is -4.70. The molecule has 0 bridgehead atoms. The van der Waals surface area contributed by atoms with E-state index in [1.54, 1.807) is 12.2 Å². The van der Waals surface area contributed by atoms with Crippen LogP contribution in [0.1, 0.15) is 33.6 Å². The molecule has 0 unspecified atom stereocenters. The Morgan fingerprint density at radius 1 is 1.33 bits per heavy atom. The fraction of sp³-hybridized carbons (Fsp3) is 0.800. The van der Waals surface area contributed by atoms with E-state index in [1.807, 2.05) is 13.8 Å². The fourth-order valence-electron chi connectivity index (χ4n) is 3.78. The van der Waals surface area contributed by atoms with Crippen molar-refractivity contribution < 1.29 is 32.7 Å². The van der Waals surface area contributed by atoms with Crippen molar-refractivity contribution in [3.63, 3.8) is 0 Å². The van der Waals surface area contributed by atoms with Crippen LogP contribution in [-0.4, -0.2) is 52.6 Å². The molecule has 0 spiro atoms. The first-order valence-corrected chi connectivity index (χ1v) is 7.83. The molecule has 6 nitrogen and oxygen atoms in total. The van der Waals surface area contributed by atoms with Crippen molar-refractivity contribution in [1.82, 2.24) is 10.2 Å². The highest BCUT2D eigenvalue weighted by Gasteiger charge is 2.69. The number of carboxylic acids is 1. The molecule has 0 aromatic carbocycles. The van der Waals surface area contributed by atoms with E-state index >= 15 is 0 Å². The molecule has 2 N–H and O–H groups in total. The highest BCUT2D eigenvalue weighted by Crippen LogP contribution is 2.64. The van der Waals surface area contributed by atoms with Gasteiger partial charge in [-0.25, -0.2) is 4.79 Å². The molecule has 9 heteroatoms. The van der Waals surface area contributed by atoms with Crippen LogP contribution >= 0.6 is 0 Å². The number of hydrogen-bond donors (Lipinski definition) is 2. The van der Waals surface area contributed by atoms with Gasteiger partial charge in [0.05, 0.1) is 0 Å². The molecular formula is C15H21F3N2O4. The van der Waals surface area contributed by atoms with Crippen LogP contribution in [-0.2, 0) is 14.4 Å². The molecule has 0 radical (unpaired) electrons. The largest absolute Gasteiger partial charge is 0.480 e. The topological polar surface area (TPSA) is 86.7 Å². The van der Waals surface area contributed by atoms with Crippen LogP contribution in [0.3, 0.4) is 0 Å². The van der Waals surface area contributed by atoms with Crippen molar-refractivity contribution >= 4 is 17.8 Å². The zero-order valence-electron chi connectivity index (χ0n) is 13.7. The number of carbonyl (C=O) groups is 3. The summed E-state index contributed by atoms with van der Waals surface area (Å²) in [6, 6.07) is -2.42. The lowest BCUT2D eigenvalue weighted by Gasteiger charge is -2.31. The van der Waals surface area contributed by atoms with E-state index in [2.05, 4.69) is 0 Å². The number of halogens is 3. The first kappa shape index (κ1) is 18.5. The van der Waals surface area contributed by atoms with Crippen LogP contribution in [0.2, 0.25) is 0 Å². The second-order valence-corrected chi connectivity index (χ2v) is 7.04. The molecule has 2 aliphatic rings. The molecule has 24 heavy (non-hydrogen) atoms. The summed E-state index contributed by atoms with van der Waals surface area (Å²) in [5, 5.41) is 11.1. The number of piperidine rings is 1. The molecule has 1 heterocycles. The standard InChI is InChI=1S/C15H21F3N2O4/c1-4-5-8(19-13(24)15(16,17)18)11(21)20-6-7-9(14(7,2)3)10(20)12(22)23/h7-10H,4-6H2,1-3H3,(H,19,24)(H,22,23)/t7-,8-,9-,10-/m0/s1. The summed E-state index contributed by atoms with van der Waals surface area (Å²) in [5.41, 5.74) is -0.199. The molecule has 4 atom stereocenters. The monoisotopic (exact) mass is 350 g/mol. The third kappa shape index (κ3) is 3.08. The zero-order valence-corrected chi connectivity index (χ0v) is 13.7. The Morgan fingerprint density at radius 2 is 1.92 bits per heavy atom. The summed E-state index contributed by atoms with van der Waals surface area (Å²) in [6.45, 7) is 5.68. The quantitative estimate of drug-likeness (QED) is 0.785. The van der Waals surface area contributed by atoms with Crippen molar-refractivity contribution in [2.75, 3.05) is 6.54 Å². The minimum atomic E-state index is -5.09. The molecule has 1 aliphatic carbocycles. The molecule has 0 aromatic heterocycles. The molecule has 2 fully saturated rings. The summed E-state index contributed by atoms with van der Waals surface area (Å²) in [5.74, 6) is -4.31. The second kappa shape index (κ2) is 5.93. The van der Waals surface area contributed by atoms with Gasteiger partial charge in [0.1, 0.15) is 12.1 Å². The number of aliphatic carboxylic acids is 1. The van der Waals surface area contributed by atoms with Crippen molar-refractivity contribution in [2.45, 2.75) is 51.9 Å². The van der Waals surface area contributed by atoms with Crippen molar-refractivity contribution in [1.29, 1.82) is 0 Å². The number of fused-ring (bicyclic) bond motifs is 1. The number of likely N-dealkylation sites (tertiary alicyclic amines) is 1. The average Bonchev–Trinajstić information content (AvgIpc) is 2.84. The van der Waals surface area contributed by atoms with Gasteiger partial charge >= 0.3 is 18.1 Å². The Labute approximate surface area is 137 Å². The first-order chi connectivity index (χ1) is 10.9. The molecule has 1 saturated carbocycles. The van der Waals surface area contributed by atoms with Crippen LogP contribution in [0.25, 0.3) is 0 Å². The van der Waals surface area contributed by atoms with Crippen LogP contribution in [0, 0.1) is 17.3 Å². The van der Waals surface area contributed by atoms with E-state index < -0.39 is 36.0 Å². The Bertz CT molecular complexity index is 561. The lowest BCUT2D eigenvalue weighted by atomic mass is 10.00. The van der Waals surface area contributed by atoms with Gasteiger partial charge in [-0.3, -0.25) is 9.59 Å². The van der Waals surface area contributed by atoms with E-state index in [-0.39, 0.29) is 30.2 Å². The van der Waals surface area contributed by atoms with E-state index in [1.165, 1.54) is 0 Å². The van der Waals surface area contributed by atoms with Crippen LogP contribution in [0.15, 0.2) is 0 Å². The maximum atomic E-state index is 12.6. The molecule has 2 rings (SSSR count). The normalized spacial score (nSPS) is 28.9. The SMILES string of the molecule is CCC[C@H](NC(=O)C(F)(F)F)C(=O)N1C[C@H]2[C@@H]([C@H]1C(=O)O)C2(C)C. The summed E-state index contributed by atoms with van der Waals surface area (Å²) in [4.78, 5) is 36.4. The second-order valence-electron chi connectivity index (χ2n) is 7.04. The Hall–Kier alpha value is -1.80. The highest BCUT2D eigenvalue weighted by molar-refractivity contribution is 5.92. The number of hydrogen-bond acceptors (Lipinski definition) is 3. The third-order valence-corrected chi connectivity index (χ3v) is 5.18. The van der Waals surface area contributed by atoms with Crippen molar-refractivity contribution in [3.05, 3.63) is 0 Å². The number of amides is 2. The fourth-order valence-corrected chi connectivity index (χ4v) is 3.78. The molecule has 2 amide bonds. The van der Waals surface area contributed by atoms with Crippen molar-refractivity contribution in [3.8, 4) is 0 Å². The summed E-state index contributed by atoms with van der Waals surface area (Å²) < 4.78 is 37.3. The number of rotatable bonds is 5. The Kier molecular flexibility index (Phi) is 4.58. The van der Waals surface area contributed by atoms with Gasteiger partial charge in [-0.05, 0) is 17.8 Å². The smallest absolute Gasteiger partial charge is 0.471 e. The lowest BCUT2D eigenvalue weighted by Crippen LogP contribution is -2.55. The number of nitrogens with zero attached hydrogens (tertiary/aromatic N) is 1. The molecule has 1 saturated heterocycles. The van der Waals surface area contributed by atoms with Crippen LogP contribution in [0.5, 0.6) is 0 Å². The van der Waals surface area contributed by atoms with Crippen LogP contribution < -0.4 is 5.32 Å². The number of nitrogens with one attached hydrogen (secondary N) is 1. The molecule has 136 valence electrons. The summed E-state index contributed by atoms with van der Waals surface area (Å²) >= 11 is 0. The zero-order chi connectivity index (χ0) is 18.4. The number of carboxylic acid groups (broad SMARTS) is 1. The predicted molar refractivity (Wildman–Crippen MR) is 76.8 cm³/mol. The van der Waals surface area contributed by atoms with Gasteiger partial charge in [0.25, 0.3) is 0 Å². The minimum absolute atomic E-state index is 0.0161. The van der Waals surface area contributed by atoms with Gasteiger partial charge in [-0.15, -0.1) is 0 Å². The van der Waals surface area contributed by atoms with Gasteiger partial charge in [-0.1, -0.05) is 27.2 Å². The number of alkyl halides is 3. The van der Waals surface area contributed by atoms with Crippen LogP contribution in [0.4, 0.5) is 13.2 Å². The Morgan fingerprint density at radius 3 is 2.38 bits per heavy atom. The molecular weight excluding hydrogens is 329 g/mol. The minimum Gasteiger partial charge on any atom is -0.480 e. The predicted octanol–water partition coefficient (Wildman–Crippen LogP) is 1.40. The van der Waals surface area contributed by atoms with Crippen molar-refractivity contribution in [2.24, 2.45) is 17.3 Å². The lowest BCUT2D eigenvalue weighted by molar-refractivity contribution is -0.175. The van der Waals surface area contributed by atoms with E-state index in [0.29, 0.717) is 6.42 Å². The Balaban J connectivity index is 2.15. The maximum absolute atomic E-state index is 12.6. The van der Waals surface area contributed by atoms with Gasteiger partial charge in [0.15, 0.2) is 0 Å². The third-order valence-electron chi connectivity index (χ3n) is 5.18. The molecule has 0 aromatic rings. The molecule has 1 aliphatic heterocycles. The summed E-state index contributed by atoms with van der Waals surface area (Å²) in [7, 11) is 0. The highest BCUT2D eigenvalue weighted by atomic mass is 19.4. The van der Waals surface area contributed by atoms with Gasteiger partial charge in [-0.2, -0.15) is 13.2 Å². The first-order valence-electron chi connectivity index (χ1n) is 7.83. The number of carbonyl (C=O) groups excluding carboxylic acids is 2. The van der Waals surface area contributed by atoms with Gasteiger partial charge < -0.3 is 15.3 Å². The van der Waals surface area contributed by atoms with E-state index in [4.69, 9.17) is 0 Å². The van der Waals surface area contributed by atoms with E-state index in [9.17, 15) is 32.7 Å². The maximum Gasteiger partial charge on any atom is 0.471 e. The van der Waals surface area contributed by atoms with E-state index in [0.717, 1.165) is 4.90 Å². The van der Waals surface area contributed by atoms with Gasteiger partial charge in [0.2, 0.25) is 5.91 Å². The average molecular weight is 350 g/mol. The van der Waals surface area contributed by atoms with Gasteiger partial charge in [0, 0.05) is 12.5 Å².